The van der Waals surface area contributed by atoms with E-state index in [1.807, 2.05) is 0 Å². The number of benzene rings is 1. The number of hydrogen-bond donors (Lipinski definition) is 6. The zero-order chi connectivity index (χ0) is 24.9. The minimum absolute atomic E-state index is 0. The third-order valence-electron chi connectivity index (χ3n) is 7.07. The molecule has 0 spiro atoms. The van der Waals surface area contributed by atoms with E-state index in [1.165, 1.54) is 36.8 Å². The molecule has 16 heteroatoms. The summed E-state index contributed by atoms with van der Waals surface area (Å²) in [6, 6.07) is 9.42. The Morgan fingerprint density at radius 1 is 0.341 bits per heavy atom. The van der Waals surface area contributed by atoms with Crippen LogP contribution in [0.4, 0.5) is 0 Å². The van der Waals surface area contributed by atoms with Gasteiger partial charge in [0.25, 0.3) is 0 Å². The lowest BCUT2D eigenvalue weighted by Gasteiger charge is -2.24. The van der Waals surface area contributed by atoms with Crippen molar-refractivity contribution in [2.45, 2.75) is 38.8 Å². The van der Waals surface area contributed by atoms with Gasteiger partial charge in [0, 0.05) is 65.4 Å². The van der Waals surface area contributed by atoms with Gasteiger partial charge in [-0.1, -0.05) is 24.3 Å². The van der Waals surface area contributed by atoms with E-state index in [4.69, 9.17) is 0 Å². The van der Waals surface area contributed by atoms with E-state index in [0.29, 0.717) is 0 Å². The molecule has 0 aromatic heterocycles. The van der Waals surface area contributed by atoms with E-state index in [2.05, 4.69) is 66.0 Å². The van der Waals surface area contributed by atoms with Crippen molar-refractivity contribution < 1.29 is 0 Å². The van der Waals surface area contributed by atoms with Gasteiger partial charge < -0.3 is 31.9 Å². The summed E-state index contributed by atoms with van der Waals surface area (Å²) in [5.41, 5.74) is 2.86. The summed E-state index contributed by atoms with van der Waals surface area (Å²) < 4.78 is 0. The highest BCUT2D eigenvalue weighted by Crippen LogP contribution is 2.11. The van der Waals surface area contributed by atoms with Crippen LogP contribution in [0, 0.1) is 0 Å². The maximum atomic E-state index is 3.63. The van der Waals surface area contributed by atoms with Gasteiger partial charge in [-0.3, -0.25) is 9.80 Å². The van der Waals surface area contributed by atoms with Crippen LogP contribution in [0.15, 0.2) is 24.3 Å². The molecule has 2 aliphatic heterocycles. The molecule has 3 rings (SSSR count). The lowest BCUT2D eigenvalue weighted by molar-refractivity contribution is 0.258. The highest BCUT2D eigenvalue weighted by molar-refractivity contribution is 8.93. The SMILES string of the molecule is Br.Br.Br.Br.Br.Br.Br.Br.c1cc(CN2CCCNCCNCCCNCC2)ccc1CN1CCCNCCNCCCNCC1. The first-order chi connectivity index (χ1) is 17.9. The summed E-state index contributed by atoms with van der Waals surface area (Å²) in [4.78, 5) is 5.23. The second-order valence-corrected chi connectivity index (χ2v) is 10.3. The molecule has 0 radical (unpaired) electrons. The zero-order valence-corrected chi connectivity index (χ0v) is 39.7. The smallest absolute Gasteiger partial charge is 0.0234 e. The summed E-state index contributed by atoms with van der Waals surface area (Å²) in [7, 11) is 0. The van der Waals surface area contributed by atoms with Gasteiger partial charge in [-0.25, -0.2) is 0 Å². The van der Waals surface area contributed by atoms with Gasteiger partial charge in [0.2, 0.25) is 0 Å². The molecule has 1 aromatic rings. The van der Waals surface area contributed by atoms with E-state index in [9.17, 15) is 0 Å². The quantitative estimate of drug-likeness (QED) is 0.251. The average Bonchev–Trinajstić information content (AvgIpc) is 2.89. The largest absolute Gasteiger partial charge is 0.315 e. The average molecular weight is 1150 g/mol. The zero-order valence-electron chi connectivity index (χ0n) is 26.0. The lowest BCUT2D eigenvalue weighted by Crippen LogP contribution is -2.36. The van der Waals surface area contributed by atoms with Crippen LogP contribution < -0.4 is 31.9 Å². The number of nitrogens with one attached hydrogen (secondary N) is 6. The van der Waals surface area contributed by atoms with E-state index in [0.717, 1.165) is 118 Å². The van der Waals surface area contributed by atoms with Gasteiger partial charge >= 0.3 is 0 Å². The first kappa shape index (κ1) is 58.9. The molecule has 0 amide bonds. The Bertz CT molecular complexity index is 588. The summed E-state index contributed by atoms with van der Waals surface area (Å²) in [5.74, 6) is 0. The van der Waals surface area contributed by atoms with Gasteiger partial charge in [-0.05, 0) is 89.2 Å². The monoisotopic (exact) mass is 1140 g/mol. The second kappa shape index (κ2) is 41.9. The molecule has 6 N–H and O–H groups in total. The number of hydrogen-bond acceptors (Lipinski definition) is 8. The predicted molar refractivity (Wildman–Crippen MR) is 235 cm³/mol. The second-order valence-electron chi connectivity index (χ2n) is 10.3. The van der Waals surface area contributed by atoms with Crippen LogP contribution in [-0.2, 0) is 13.1 Å². The van der Waals surface area contributed by atoms with Gasteiger partial charge in [-0.2, -0.15) is 0 Å². The third kappa shape index (κ3) is 30.8. The van der Waals surface area contributed by atoms with Crippen molar-refractivity contribution in [1.29, 1.82) is 0 Å². The molecule has 2 fully saturated rings. The van der Waals surface area contributed by atoms with Gasteiger partial charge in [0.1, 0.15) is 0 Å². The normalized spacial score (nSPS) is 18.7. The minimum Gasteiger partial charge on any atom is -0.315 e. The first-order valence-corrected chi connectivity index (χ1v) is 14.7. The standard InChI is InChI=1S/C28H54N8.8BrH/c1-9-29-15-17-31-13-3-21-35(23-19-33-11-1)25-27-5-7-28(8-6-27)26-36-22-4-14-32-18-16-30-10-2-12-34-20-24-36;;;;;;;;/h5-8,29-34H,1-4,9-26H2;8*1H. The molecule has 44 heavy (non-hydrogen) atoms. The van der Waals surface area contributed by atoms with E-state index < -0.39 is 0 Å². The van der Waals surface area contributed by atoms with Crippen molar-refractivity contribution in [3.8, 4) is 0 Å². The molecule has 8 nitrogen and oxygen atoms in total. The third-order valence-corrected chi connectivity index (χ3v) is 7.07. The van der Waals surface area contributed by atoms with Crippen LogP contribution in [-0.4, -0.2) is 115 Å². The van der Waals surface area contributed by atoms with E-state index >= 15 is 0 Å². The van der Waals surface area contributed by atoms with E-state index in [-0.39, 0.29) is 136 Å². The Hall–Kier alpha value is 2.74. The van der Waals surface area contributed by atoms with Crippen molar-refractivity contribution in [3.63, 3.8) is 0 Å². The molecular formula is C28H62Br8N8. The number of nitrogens with zero attached hydrogens (tertiary/aromatic N) is 2. The summed E-state index contributed by atoms with van der Waals surface area (Å²) in [6.07, 6.45) is 4.80. The molecular weight excluding hydrogens is 1090 g/mol. The van der Waals surface area contributed by atoms with Gasteiger partial charge in [0.05, 0.1) is 0 Å². The fourth-order valence-electron chi connectivity index (χ4n) is 4.92. The summed E-state index contributed by atoms with van der Waals surface area (Å²) >= 11 is 0. The molecule has 0 aliphatic carbocycles. The Labute approximate surface area is 352 Å². The molecule has 2 aliphatic rings. The molecule has 270 valence electrons. The fourth-order valence-corrected chi connectivity index (χ4v) is 4.92. The van der Waals surface area contributed by atoms with Crippen molar-refractivity contribution in [2.75, 3.05) is 105 Å². The van der Waals surface area contributed by atoms with Gasteiger partial charge in [0.15, 0.2) is 0 Å². The maximum Gasteiger partial charge on any atom is 0.0234 e. The van der Waals surface area contributed by atoms with Crippen LogP contribution in [0.25, 0.3) is 0 Å². The van der Waals surface area contributed by atoms with Crippen LogP contribution in [0.1, 0.15) is 36.8 Å². The summed E-state index contributed by atoms with van der Waals surface area (Å²) in [5, 5.41) is 21.4. The molecule has 1 aromatic carbocycles. The maximum absolute atomic E-state index is 3.63. The minimum atomic E-state index is 0. The lowest BCUT2D eigenvalue weighted by atomic mass is 10.1. The van der Waals surface area contributed by atoms with Crippen LogP contribution in [0.3, 0.4) is 0 Å². The van der Waals surface area contributed by atoms with Crippen molar-refractivity contribution in [2.24, 2.45) is 0 Å². The molecule has 0 saturated carbocycles. The predicted octanol–water partition coefficient (Wildman–Crippen LogP) is 5.04. The molecule has 2 saturated heterocycles. The Balaban J connectivity index is -0.000000451. The Morgan fingerprint density at radius 2 is 0.614 bits per heavy atom. The van der Waals surface area contributed by atoms with Gasteiger partial charge in [-0.15, -0.1) is 136 Å². The van der Waals surface area contributed by atoms with Crippen molar-refractivity contribution in [3.05, 3.63) is 35.4 Å². The molecule has 2 heterocycles. The molecule has 0 atom stereocenters. The number of halogens is 8. The Kier molecular flexibility index (Phi) is 56.1. The van der Waals surface area contributed by atoms with Crippen molar-refractivity contribution >= 4 is 136 Å². The van der Waals surface area contributed by atoms with Crippen LogP contribution in [0.2, 0.25) is 0 Å². The van der Waals surface area contributed by atoms with E-state index in [1.54, 1.807) is 0 Å². The number of rotatable bonds is 4. The topological polar surface area (TPSA) is 78.7 Å². The highest BCUT2D eigenvalue weighted by atomic mass is 79.9. The highest BCUT2D eigenvalue weighted by Gasteiger charge is 2.09. The molecule has 0 unspecified atom stereocenters. The van der Waals surface area contributed by atoms with Crippen molar-refractivity contribution in [1.82, 2.24) is 41.7 Å². The fraction of sp³-hybridized carbons (Fsp3) is 0.786. The van der Waals surface area contributed by atoms with Crippen LogP contribution in [0.5, 0.6) is 0 Å². The summed E-state index contributed by atoms with van der Waals surface area (Å²) in [6.45, 7) is 19.6. The van der Waals surface area contributed by atoms with Crippen LogP contribution >= 0.6 is 136 Å². The molecule has 0 bridgehead atoms. The first-order valence-electron chi connectivity index (χ1n) is 14.7. The Morgan fingerprint density at radius 3 is 0.932 bits per heavy atom.